The minimum atomic E-state index is -0.0215. The molecule has 2 heterocycles. The predicted molar refractivity (Wildman–Crippen MR) is 70.8 cm³/mol. The van der Waals surface area contributed by atoms with Gasteiger partial charge in [-0.2, -0.15) is 5.10 Å². The van der Waals surface area contributed by atoms with Gasteiger partial charge in [0.15, 0.2) is 0 Å². The van der Waals surface area contributed by atoms with Crippen LogP contribution in [0.1, 0.15) is 45.0 Å². The van der Waals surface area contributed by atoms with Crippen molar-refractivity contribution in [2.45, 2.75) is 45.4 Å². The zero-order chi connectivity index (χ0) is 12.6. The Hall–Kier alpha value is -0.390. The number of hydrogen-bond donors (Lipinski definition) is 1. The molecule has 0 spiro atoms. The van der Waals surface area contributed by atoms with Crippen LogP contribution in [0, 0.1) is 5.92 Å². The van der Waals surface area contributed by atoms with E-state index in [4.69, 9.17) is 10.5 Å². The predicted octanol–water partition coefficient (Wildman–Crippen LogP) is 2.65. The molecule has 17 heavy (non-hydrogen) atoms. The molecular weight excluding hydrogens is 282 g/mol. The van der Waals surface area contributed by atoms with Crippen molar-refractivity contribution in [3.05, 3.63) is 16.4 Å². The van der Waals surface area contributed by atoms with Gasteiger partial charge in [-0.3, -0.25) is 4.68 Å². The standard InChI is InChI=1S/C12H20BrN3O/c1-7(2)16-12(10(13)6-15-16)11(14)9-4-5-17-8(9)3/h6-9,11H,4-5,14H2,1-3H3. The fraction of sp³-hybridized carbons (Fsp3) is 0.750. The quantitative estimate of drug-likeness (QED) is 0.934. The summed E-state index contributed by atoms with van der Waals surface area (Å²) in [6, 6.07) is 0.298. The summed E-state index contributed by atoms with van der Waals surface area (Å²) in [5.74, 6) is 0.375. The third kappa shape index (κ3) is 2.41. The van der Waals surface area contributed by atoms with Gasteiger partial charge in [0.1, 0.15) is 0 Å². The minimum absolute atomic E-state index is 0.0215. The van der Waals surface area contributed by atoms with Crippen molar-refractivity contribution in [2.24, 2.45) is 11.7 Å². The Bertz CT molecular complexity index is 391. The highest BCUT2D eigenvalue weighted by Gasteiger charge is 2.33. The zero-order valence-electron chi connectivity index (χ0n) is 10.6. The highest BCUT2D eigenvalue weighted by molar-refractivity contribution is 9.10. The first-order valence-electron chi connectivity index (χ1n) is 6.12. The molecule has 0 radical (unpaired) electrons. The van der Waals surface area contributed by atoms with Crippen LogP contribution in [0.15, 0.2) is 10.7 Å². The maximum Gasteiger partial charge on any atom is 0.0700 e. The molecule has 1 aliphatic heterocycles. The second-order valence-electron chi connectivity index (χ2n) is 4.97. The smallest absolute Gasteiger partial charge is 0.0700 e. The maximum absolute atomic E-state index is 6.40. The van der Waals surface area contributed by atoms with Crippen LogP contribution in [0.5, 0.6) is 0 Å². The lowest BCUT2D eigenvalue weighted by molar-refractivity contribution is 0.0984. The number of aromatic nitrogens is 2. The summed E-state index contributed by atoms with van der Waals surface area (Å²) in [7, 11) is 0. The van der Waals surface area contributed by atoms with Crippen molar-refractivity contribution in [3.8, 4) is 0 Å². The van der Waals surface area contributed by atoms with Gasteiger partial charge in [0.25, 0.3) is 0 Å². The van der Waals surface area contributed by atoms with Gasteiger partial charge < -0.3 is 10.5 Å². The molecule has 1 aromatic rings. The van der Waals surface area contributed by atoms with E-state index in [2.05, 4.69) is 41.8 Å². The second kappa shape index (κ2) is 5.08. The molecule has 4 nitrogen and oxygen atoms in total. The fourth-order valence-electron chi connectivity index (χ4n) is 2.50. The van der Waals surface area contributed by atoms with Gasteiger partial charge in [-0.25, -0.2) is 0 Å². The molecule has 2 N–H and O–H groups in total. The van der Waals surface area contributed by atoms with Crippen molar-refractivity contribution in [1.29, 1.82) is 0 Å². The van der Waals surface area contributed by atoms with Crippen LogP contribution >= 0.6 is 15.9 Å². The van der Waals surface area contributed by atoms with Gasteiger partial charge in [0.2, 0.25) is 0 Å². The van der Waals surface area contributed by atoms with Gasteiger partial charge in [0, 0.05) is 18.6 Å². The first-order valence-corrected chi connectivity index (χ1v) is 6.91. The van der Waals surface area contributed by atoms with E-state index in [0.29, 0.717) is 12.0 Å². The van der Waals surface area contributed by atoms with Crippen molar-refractivity contribution in [1.82, 2.24) is 9.78 Å². The summed E-state index contributed by atoms with van der Waals surface area (Å²) in [4.78, 5) is 0. The van der Waals surface area contributed by atoms with E-state index >= 15 is 0 Å². The van der Waals surface area contributed by atoms with E-state index in [-0.39, 0.29) is 12.1 Å². The molecule has 1 saturated heterocycles. The molecule has 1 aliphatic rings. The van der Waals surface area contributed by atoms with Gasteiger partial charge in [0.05, 0.1) is 28.5 Å². The Balaban J connectivity index is 2.29. The molecular formula is C12H20BrN3O. The molecule has 1 fully saturated rings. The van der Waals surface area contributed by atoms with Crippen LogP contribution < -0.4 is 5.73 Å². The van der Waals surface area contributed by atoms with E-state index in [1.54, 1.807) is 0 Å². The number of nitrogens with two attached hydrogens (primary N) is 1. The summed E-state index contributed by atoms with van der Waals surface area (Å²) < 4.78 is 8.60. The number of halogens is 1. The SMILES string of the molecule is CC1OCCC1C(N)c1c(Br)cnn1C(C)C. The number of hydrogen-bond acceptors (Lipinski definition) is 3. The Kier molecular flexibility index (Phi) is 3.90. The van der Waals surface area contributed by atoms with Gasteiger partial charge in [-0.1, -0.05) is 0 Å². The van der Waals surface area contributed by atoms with Crippen LogP contribution in [0.4, 0.5) is 0 Å². The third-order valence-electron chi connectivity index (χ3n) is 3.49. The third-order valence-corrected chi connectivity index (χ3v) is 4.10. The monoisotopic (exact) mass is 301 g/mol. The van der Waals surface area contributed by atoms with Crippen LogP contribution in [-0.4, -0.2) is 22.5 Å². The molecule has 0 aromatic carbocycles. The maximum atomic E-state index is 6.40. The molecule has 5 heteroatoms. The molecule has 0 amide bonds. The largest absolute Gasteiger partial charge is 0.378 e. The van der Waals surface area contributed by atoms with E-state index in [0.717, 1.165) is 23.2 Å². The Labute approximate surface area is 111 Å². The summed E-state index contributed by atoms with van der Waals surface area (Å²) in [6.45, 7) is 7.14. The molecule has 96 valence electrons. The van der Waals surface area contributed by atoms with E-state index < -0.39 is 0 Å². The molecule has 3 atom stereocenters. The van der Waals surface area contributed by atoms with E-state index in [1.807, 2.05) is 10.9 Å². The first-order chi connectivity index (χ1) is 8.02. The zero-order valence-corrected chi connectivity index (χ0v) is 12.1. The normalized spacial score (nSPS) is 26.7. The van der Waals surface area contributed by atoms with Crippen LogP contribution in [0.3, 0.4) is 0 Å². The molecule has 1 aromatic heterocycles. The van der Waals surface area contributed by atoms with Gasteiger partial charge in [-0.15, -0.1) is 0 Å². The van der Waals surface area contributed by atoms with Crippen molar-refractivity contribution < 1.29 is 4.74 Å². The van der Waals surface area contributed by atoms with E-state index in [9.17, 15) is 0 Å². The Morgan fingerprint density at radius 1 is 1.59 bits per heavy atom. The fourth-order valence-corrected chi connectivity index (χ4v) is 3.03. The molecule has 0 aliphatic carbocycles. The average Bonchev–Trinajstić information content (AvgIpc) is 2.83. The lowest BCUT2D eigenvalue weighted by Crippen LogP contribution is -2.29. The summed E-state index contributed by atoms with van der Waals surface area (Å²) in [5, 5.41) is 4.38. The lowest BCUT2D eigenvalue weighted by atomic mass is 9.92. The first kappa shape index (κ1) is 13.1. The molecule has 0 bridgehead atoms. The Morgan fingerprint density at radius 2 is 2.29 bits per heavy atom. The number of ether oxygens (including phenoxy) is 1. The molecule has 3 unspecified atom stereocenters. The topological polar surface area (TPSA) is 53.1 Å². The van der Waals surface area contributed by atoms with Crippen LogP contribution in [0.25, 0.3) is 0 Å². The number of rotatable bonds is 3. The Morgan fingerprint density at radius 3 is 2.82 bits per heavy atom. The highest BCUT2D eigenvalue weighted by atomic mass is 79.9. The van der Waals surface area contributed by atoms with Gasteiger partial charge in [-0.05, 0) is 43.1 Å². The second-order valence-corrected chi connectivity index (χ2v) is 5.82. The lowest BCUT2D eigenvalue weighted by Gasteiger charge is -2.24. The number of nitrogens with zero attached hydrogens (tertiary/aromatic N) is 2. The van der Waals surface area contributed by atoms with Gasteiger partial charge >= 0.3 is 0 Å². The molecule has 0 saturated carbocycles. The van der Waals surface area contributed by atoms with Crippen molar-refractivity contribution in [2.75, 3.05) is 6.61 Å². The minimum Gasteiger partial charge on any atom is -0.378 e. The summed E-state index contributed by atoms with van der Waals surface area (Å²) >= 11 is 3.55. The highest BCUT2D eigenvalue weighted by Crippen LogP contribution is 2.35. The van der Waals surface area contributed by atoms with Crippen LogP contribution in [0.2, 0.25) is 0 Å². The van der Waals surface area contributed by atoms with Crippen molar-refractivity contribution in [3.63, 3.8) is 0 Å². The summed E-state index contributed by atoms with van der Waals surface area (Å²) in [5.41, 5.74) is 7.49. The average molecular weight is 302 g/mol. The van der Waals surface area contributed by atoms with Crippen LogP contribution in [-0.2, 0) is 4.74 Å². The van der Waals surface area contributed by atoms with E-state index in [1.165, 1.54) is 0 Å². The van der Waals surface area contributed by atoms with Crippen molar-refractivity contribution >= 4 is 15.9 Å². The summed E-state index contributed by atoms with van der Waals surface area (Å²) in [6.07, 6.45) is 3.08. The molecule has 2 rings (SSSR count).